The minimum absolute atomic E-state index is 0.0722. The lowest BCUT2D eigenvalue weighted by Gasteiger charge is -2.31. The number of hydrogen-bond acceptors (Lipinski definition) is 5. The second-order valence-corrected chi connectivity index (χ2v) is 6.43. The van der Waals surface area contributed by atoms with Crippen LogP contribution >= 0.6 is 11.3 Å². The lowest BCUT2D eigenvalue weighted by Crippen LogP contribution is -2.45. The minimum atomic E-state index is -0.178. The van der Waals surface area contributed by atoms with E-state index in [2.05, 4.69) is 5.43 Å². The molecule has 1 aromatic heterocycles. The van der Waals surface area contributed by atoms with Gasteiger partial charge in [0.15, 0.2) is 0 Å². The van der Waals surface area contributed by atoms with E-state index in [1.165, 1.54) is 4.57 Å². The summed E-state index contributed by atoms with van der Waals surface area (Å²) in [5.74, 6) is 4.73. The Morgan fingerprint density at radius 3 is 2.43 bits per heavy atom. The predicted octanol–water partition coefficient (Wildman–Crippen LogP) is -0.245. The zero-order chi connectivity index (χ0) is 15.6. The summed E-state index contributed by atoms with van der Waals surface area (Å²) in [7, 11) is 0. The van der Waals surface area contributed by atoms with Crippen molar-refractivity contribution >= 4 is 23.2 Å². The number of thiazole rings is 1. The summed E-state index contributed by atoms with van der Waals surface area (Å²) in [5, 5.41) is 0. The first-order valence-electron chi connectivity index (χ1n) is 6.89. The lowest BCUT2D eigenvalue weighted by molar-refractivity contribution is -0.136. The molecule has 1 saturated heterocycles. The van der Waals surface area contributed by atoms with Crippen LogP contribution in [0.4, 0.5) is 0 Å². The Labute approximate surface area is 126 Å². The number of aromatic nitrogens is 1. The molecule has 116 valence electrons. The summed E-state index contributed by atoms with van der Waals surface area (Å²) in [4.78, 5) is 38.1. The zero-order valence-corrected chi connectivity index (χ0v) is 13.0. The lowest BCUT2D eigenvalue weighted by atomic mass is 9.96. The van der Waals surface area contributed by atoms with E-state index < -0.39 is 0 Å². The summed E-state index contributed by atoms with van der Waals surface area (Å²) in [6.45, 7) is 4.84. The Balaban J connectivity index is 1.97. The third-order valence-corrected chi connectivity index (χ3v) is 5.03. The largest absolute Gasteiger partial charge is 0.341 e. The van der Waals surface area contributed by atoms with Crippen molar-refractivity contribution in [3.05, 3.63) is 20.2 Å². The van der Waals surface area contributed by atoms with Gasteiger partial charge in [-0.1, -0.05) is 11.3 Å². The summed E-state index contributed by atoms with van der Waals surface area (Å²) < 4.78 is 1.51. The van der Waals surface area contributed by atoms with Gasteiger partial charge in [0.1, 0.15) is 6.54 Å². The van der Waals surface area contributed by atoms with Crippen LogP contribution in [0.1, 0.15) is 23.4 Å². The van der Waals surface area contributed by atoms with E-state index in [9.17, 15) is 14.4 Å². The third kappa shape index (κ3) is 3.33. The quantitative estimate of drug-likeness (QED) is 0.457. The van der Waals surface area contributed by atoms with Crippen molar-refractivity contribution in [3.8, 4) is 0 Å². The number of rotatable bonds is 3. The van der Waals surface area contributed by atoms with Crippen molar-refractivity contribution < 1.29 is 9.59 Å². The molecule has 0 saturated carbocycles. The molecule has 2 rings (SSSR count). The van der Waals surface area contributed by atoms with Crippen LogP contribution < -0.4 is 16.1 Å². The van der Waals surface area contributed by atoms with Gasteiger partial charge in [-0.25, -0.2) is 5.84 Å². The number of hydrazine groups is 1. The summed E-state index contributed by atoms with van der Waals surface area (Å²) >= 11 is 1.16. The molecule has 0 atom stereocenters. The zero-order valence-electron chi connectivity index (χ0n) is 12.2. The van der Waals surface area contributed by atoms with Crippen LogP contribution in [0.25, 0.3) is 0 Å². The molecule has 0 aromatic carbocycles. The van der Waals surface area contributed by atoms with Crippen LogP contribution in [0, 0.1) is 19.8 Å². The molecule has 0 spiro atoms. The van der Waals surface area contributed by atoms with Crippen LogP contribution in [0.15, 0.2) is 4.79 Å². The highest BCUT2D eigenvalue weighted by Crippen LogP contribution is 2.18. The van der Waals surface area contributed by atoms with Crippen LogP contribution in [-0.4, -0.2) is 34.4 Å². The second-order valence-electron chi connectivity index (χ2n) is 5.26. The Morgan fingerprint density at radius 1 is 1.33 bits per heavy atom. The first kappa shape index (κ1) is 15.7. The van der Waals surface area contributed by atoms with E-state index in [0.29, 0.717) is 25.9 Å². The Morgan fingerprint density at radius 2 is 1.95 bits per heavy atom. The number of aryl methyl sites for hydroxylation is 1. The monoisotopic (exact) mass is 312 g/mol. The summed E-state index contributed by atoms with van der Waals surface area (Å²) in [6.07, 6.45) is 1.20. The van der Waals surface area contributed by atoms with Crippen molar-refractivity contribution in [1.29, 1.82) is 0 Å². The highest BCUT2D eigenvalue weighted by molar-refractivity contribution is 7.09. The fraction of sp³-hybridized carbons (Fsp3) is 0.615. The maximum atomic E-state index is 12.3. The summed E-state index contributed by atoms with van der Waals surface area (Å²) in [5.41, 5.74) is 2.99. The molecule has 1 fully saturated rings. The Kier molecular flexibility index (Phi) is 4.79. The predicted molar refractivity (Wildman–Crippen MR) is 79.7 cm³/mol. The smallest absolute Gasteiger partial charge is 0.308 e. The van der Waals surface area contributed by atoms with Crippen molar-refractivity contribution in [2.24, 2.45) is 11.8 Å². The molecule has 2 heterocycles. The van der Waals surface area contributed by atoms with E-state index in [0.717, 1.165) is 21.9 Å². The molecule has 21 heavy (non-hydrogen) atoms. The van der Waals surface area contributed by atoms with Crippen LogP contribution in [-0.2, 0) is 16.1 Å². The van der Waals surface area contributed by atoms with Crippen molar-refractivity contribution in [1.82, 2.24) is 14.9 Å². The number of nitrogens with one attached hydrogen (secondary N) is 1. The number of carbonyl (C=O) groups excluding carboxylic acids is 2. The van der Waals surface area contributed by atoms with Gasteiger partial charge >= 0.3 is 4.87 Å². The fourth-order valence-corrected chi connectivity index (χ4v) is 3.35. The molecular weight excluding hydrogens is 292 g/mol. The first-order valence-corrected chi connectivity index (χ1v) is 7.70. The molecule has 2 amide bonds. The Hall–Kier alpha value is -1.67. The standard InChI is InChI=1S/C13H20N4O3S/c1-8-9(2)21-13(20)17(8)7-11(18)16-5-3-10(4-6-16)12(19)15-14/h10H,3-7,14H2,1-2H3,(H,15,19). The molecule has 3 N–H and O–H groups in total. The van der Waals surface area contributed by atoms with Gasteiger partial charge in [-0.05, 0) is 26.7 Å². The average molecular weight is 312 g/mol. The Bertz CT molecular complexity index is 599. The number of nitrogens with two attached hydrogens (primary N) is 1. The topological polar surface area (TPSA) is 97.4 Å². The third-order valence-electron chi connectivity index (χ3n) is 4.03. The molecule has 1 aliphatic rings. The molecule has 0 unspecified atom stereocenters. The number of likely N-dealkylation sites (tertiary alicyclic amines) is 1. The number of nitrogens with zero attached hydrogens (tertiary/aromatic N) is 2. The number of piperidine rings is 1. The van der Waals surface area contributed by atoms with Crippen molar-refractivity contribution in [2.75, 3.05) is 13.1 Å². The first-order chi connectivity index (χ1) is 9.93. The molecule has 0 aliphatic carbocycles. The minimum Gasteiger partial charge on any atom is -0.341 e. The van der Waals surface area contributed by atoms with E-state index in [4.69, 9.17) is 5.84 Å². The van der Waals surface area contributed by atoms with Gasteiger partial charge in [-0.15, -0.1) is 0 Å². The molecule has 8 heteroatoms. The van der Waals surface area contributed by atoms with Crippen LogP contribution in [0.2, 0.25) is 0 Å². The molecule has 1 aromatic rings. The summed E-state index contributed by atoms with van der Waals surface area (Å²) in [6, 6.07) is 0. The van der Waals surface area contributed by atoms with Crippen molar-refractivity contribution in [3.63, 3.8) is 0 Å². The van der Waals surface area contributed by atoms with Gasteiger partial charge in [-0.2, -0.15) is 0 Å². The highest BCUT2D eigenvalue weighted by Gasteiger charge is 2.27. The maximum absolute atomic E-state index is 12.3. The molecule has 1 aliphatic heterocycles. The van der Waals surface area contributed by atoms with E-state index in [1.54, 1.807) is 4.90 Å². The fourth-order valence-electron chi connectivity index (χ4n) is 2.51. The van der Waals surface area contributed by atoms with E-state index in [-0.39, 0.29) is 29.1 Å². The van der Waals surface area contributed by atoms with Crippen molar-refractivity contribution in [2.45, 2.75) is 33.2 Å². The van der Waals surface area contributed by atoms with Gasteiger partial charge < -0.3 is 4.90 Å². The molecule has 0 radical (unpaired) electrons. The van der Waals surface area contributed by atoms with Gasteiger partial charge in [0, 0.05) is 29.6 Å². The van der Waals surface area contributed by atoms with E-state index in [1.807, 2.05) is 13.8 Å². The second kappa shape index (κ2) is 6.40. The number of hydrogen-bond donors (Lipinski definition) is 2. The molecule has 7 nitrogen and oxygen atoms in total. The number of amides is 2. The number of carbonyl (C=O) groups is 2. The molecule has 0 bridgehead atoms. The van der Waals surface area contributed by atoms with Gasteiger partial charge in [0.2, 0.25) is 11.8 Å². The van der Waals surface area contributed by atoms with Crippen LogP contribution in [0.5, 0.6) is 0 Å². The highest BCUT2D eigenvalue weighted by atomic mass is 32.1. The average Bonchev–Trinajstić information content (AvgIpc) is 2.73. The maximum Gasteiger partial charge on any atom is 0.308 e. The normalized spacial score (nSPS) is 16.0. The van der Waals surface area contributed by atoms with E-state index >= 15 is 0 Å². The van der Waals surface area contributed by atoms with Gasteiger partial charge in [0.25, 0.3) is 0 Å². The van der Waals surface area contributed by atoms with Gasteiger partial charge in [0.05, 0.1) is 0 Å². The van der Waals surface area contributed by atoms with Crippen LogP contribution in [0.3, 0.4) is 0 Å². The SMILES string of the molecule is Cc1sc(=O)n(CC(=O)N2CCC(C(=O)NN)CC2)c1C. The molecular formula is C13H20N4O3S. The van der Waals surface area contributed by atoms with Gasteiger partial charge in [-0.3, -0.25) is 24.4 Å².